The molecule has 0 fully saturated rings. The molecule has 0 amide bonds. The van der Waals surface area contributed by atoms with Crippen molar-refractivity contribution in [2.24, 2.45) is 0 Å². The molecule has 0 heterocycles. The molecule has 0 saturated heterocycles. The average Bonchev–Trinajstić information content (AvgIpc) is 3.45. The molecule has 0 unspecified atom stereocenters. The smallest absolute Gasteiger partial charge is 0.0986 e. The van der Waals surface area contributed by atoms with Crippen LogP contribution in [0.4, 0.5) is 0 Å². The van der Waals surface area contributed by atoms with Crippen molar-refractivity contribution in [2.45, 2.75) is 56.7 Å². The standard InChI is InChI=1S/C35H36Si.2ClH.Zr/c1-3-4-5-6-7-16-25-36(2,34-30-21-12-8-17-26(30)27-18-9-13-22-31(27)34)35-32-23-14-10-19-28(32)29-20-11-15-24-33(29)35;;;/h8-25,34-35H,3-7H2,1-2H3;2*1H;/b25-16+;;;. The van der Waals surface area contributed by atoms with Crippen LogP contribution >= 0.6 is 24.8 Å². The van der Waals surface area contributed by atoms with Crippen LogP contribution in [0.5, 0.6) is 0 Å². The van der Waals surface area contributed by atoms with Gasteiger partial charge in [0.05, 0.1) is 8.07 Å². The molecule has 0 radical (unpaired) electrons. The summed E-state index contributed by atoms with van der Waals surface area (Å²) in [5, 5.41) is 0. The molecule has 200 valence electrons. The SMILES string of the molecule is CCCCCC/C=C/[Si](C)(C1c2ccccc2-c2ccccc21)C1c2ccccc2-c2ccccc21.Cl.Cl.[Zr]. The molecular formula is C35H38Cl2SiZr. The molecule has 6 rings (SSSR count). The van der Waals surface area contributed by atoms with E-state index in [0.29, 0.717) is 11.1 Å². The summed E-state index contributed by atoms with van der Waals surface area (Å²) in [5.41, 5.74) is 15.5. The second-order valence-electron chi connectivity index (χ2n) is 10.8. The van der Waals surface area contributed by atoms with Crippen molar-refractivity contribution in [2.75, 3.05) is 0 Å². The summed E-state index contributed by atoms with van der Waals surface area (Å²) in [6, 6.07) is 36.8. The Balaban J connectivity index is 0.00000140. The molecule has 0 aromatic heterocycles. The molecule has 4 heteroatoms. The third kappa shape index (κ3) is 5.60. The molecular weight excluding hydrogens is 611 g/mol. The van der Waals surface area contributed by atoms with Crippen LogP contribution in [0.2, 0.25) is 6.55 Å². The Hall–Kier alpha value is -1.70. The molecule has 0 saturated carbocycles. The van der Waals surface area contributed by atoms with Crippen LogP contribution in [0.25, 0.3) is 22.3 Å². The maximum Gasteiger partial charge on any atom is 0.0986 e. The Kier molecular flexibility index (Phi) is 11.2. The topological polar surface area (TPSA) is 0 Å². The van der Waals surface area contributed by atoms with Crippen LogP contribution in [-0.2, 0) is 26.2 Å². The minimum atomic E-state index is -2.14. The monoisotopic (exact) mass is 646 g/mol. The molecule has 2 aliphatic rings. The number of unbranched alkanes of at least 4 members (excludes halogenated alkanes) is 4. The van der Waals surface area contributed by atoms with Gasteiger partial charge in [-0.15, -0.1) is 24.8 Å². The van der Waals surface area contributed by atoms with Crippen LogP contribution in [0.1, 0.15) is 72.4 Å². The van der Waals surface area contributed by atoms with Gasteiger partial charge < -0.3 is 0 Å². The summed E-state index contributed by atoms with van der Waals surface area (Å²) in [5.74, 6) is 0. The van der Waals surface area contributed by atoms with Gasteiger partial charge in [0.25, 0.3) is 0 Å². The van der Waals surface area contributed by atoms with E-state index >= 15 is 0 Å². The summed E-state index contributed by atoms with van der Waals surface area (Å²) < 4.78 is 0. The van der Waals surface area contributed by atoms with E-state index in [0.717, 1.165) is 0 Å². The van der Waals surface area contributed by atoms with Crippen LogP contribution in [0, 0.1) is 0 Å². The Bertz CT molecular complexity index is 1240. The van der Waals surface area contributed by atoms with Gasteiger partial charge in [-0.2, -0.15) is 0 Å². The Labute approximate surface area is 267 Å². The second kappa shape index (κ2) is 13.8. The van der Waals surface area contributed by atoms with Crippen LogP contribution in [-0.4, -0.2) is 8.07 Å². The van der Waals surface area contributed by atoms with Gasteiger partial charge in [0.15, 0.2) is 0 Å². The average molecular weight is 649 g/mol. The molecule has 0 N–H and O–H groups in total. The quantitative estimate of drug-likeness (QED) is 0.132. The fourth-order valence-electron chi connectivity index (χ4n) is 7.04. The van der Waals surface area contributed by atoms with Gasteiger partial charge in [-0.25, -0.2) is 0 Å². The van der Waals surface area contributed by atoms with Crippen molar-refractivity contribution in [1.29, 1.82) is 0 Å². The minimum absolute atomic E-state index is 0. The number of benzene rings is 4. The van der Waals surface area contributed by atoms with E-state index in [2.05, 4.69) is 122 Å². The van der Waals surface area contributed by atoms with Gasteiger partial charge >= 0.3 is 0 Å². The van der Waals surface area contributed by atoms with Gasteiger partial charge in [-0.1, -0.05) is 142 Å². The molecule has 0 bridgehead atoms. The third-order valence-corrected chi connectivity index (χ3v) is 13.3. The van der Waals surface area contributed by atoms with E-state index in [1.165, 1.54) is 76.6 Å². The van der Waals surface area contributed by atoms with E-state index < -0.39 is 8.07 Å². The zero-order valence-corrected chi connectivity index (χ0v) is 28.0. The Morgan fingerprint density at radius 2 is 0.923 bits per heavy atom. The third-order valence-electron chi connectivity index (χ3n) is 8.61. The summed E-state index contributed by atoms with van der Waals surface area (Å²) in [6.45, 7) is 4.96. The second-order valence-corrected chi connectivity index (χ2v) is 15.1. The van der Waals surface area contributed by atoms with Crippen LogP contribution in [0.15, 0.2) is 109 Å². The molecule has 0 aliphatic heterocycles. The first-order chi connectivity index (χ1) is 17.7. The largest absolute Gasteiger partial charge is 0.147 e. The van der Waals surface area contributed by atoms with Crippen molar-refractivity contribution < 1.29 is 26.2 Å². The normalized spacial score (nSPS) is 13.5. The summed E-state index contributed by atoms with van der Waals surface area (Å²) >= 11 is 0. The number of halogens is 2. The molecule has 39 heavy (non-hydrogen) atoms. The van der Waals surface area contributed by atoms with Crippen LogP contribution < -0.4 is 0 Å². The van der Waals surface area contributed by atoms with Crippen molar-refractivity contribution in [3.63, 3.8) is 0 Å². The number of hydrogen-bond acceptors (Lipinski definition) is 0. The van der Waals surface area contributed by atoms with Gasteiger partial charge in [-0.05, 0) is 57.3 Å². The zero-order valence-electron chi connectivity index (χ0n) is 22.9. The predicted octanol–water partition coefficient (Wildman–Crippen LogP) is 10.7. The van der Waals surface area contributed by atoms with Crippen molar-refractivity contribution >= 4 is 32.9 Å². The summed E-state index contributed by atoms with van der Waals surface area (Å²) in [6.07, 6.45) is 9.02. The molecule has 0 atom stereocenters. The van der Waals surface area contributed by atoms with Crippen LogP contribution in [0.3, 0.4) is 0 Å². The molecule has 0 spiro atoms. The fourth-order valence-corrected chi connectivity index (χ4v) is 12.1. The molecule has 4 aromatic carbocycles. The first-order valence-electron chi connectivity index (χ1n) is 13.8. The zero-order chi connectivity index (χ0) is 24.5. The van der Waals surface area contributed by atoms with E-state index in [-0.39, 0.29) is 51.0 Å². The van der Waals surface area contributed by atoms with Crippen molar-refractivity contribution in [3.8, 4) is 22.3 Å². The maximum absolute atomic E-state index is 2.74. The summed E-state index contributed by atoms with van der Waals surface area (Å²) in [7, 11) is -2.14. The van der Waals surface area contributed by atoms with E-state index in [1.807, 2.05) is 0 Å². The first-order valence-corrected chi connectivity index (χ1v) is 16.5. The van der Waals surface area contributed by atoms with Crippen molar-refractivity contribution in [1.82, 2.24) is 0 Å². The number of fused-ring (bicyclic) bond motifs is 6. The number of allylic oxidation sites excluding steroid dienone is 1. The van der Waals surface area contributed by atoms with Gasteiger partial charge in [0.2, 0.25) is 0 Å². The molecule has 2 aliphatic carbocycles. The maximum atomic E-state index is 2.74. The van der Waals surface area contributed by atoms with Crippen molar-refractivity contribution in [3.05, 3.63) is 131 Å². The number of hydrogen-bond donors (Lipinski definition) is 0. The van der Waals surface area contributed by atoms with Gasteiger partial charge in [-0.3, -0.25) is 0 Å². The summed E-state index contributed by atoms with van der Waals surface area (Å²) in [4.78, 5) is 0. The van der Waals surface area contributed by atoms with E-state index in [4.69, 9.17) is 0 Å². The number of rotatable bonds is 8. The van der Waals surface area contributed by atoms with Gasteiger partial charge in [0.1, 0.15) is 0 Å². The van der Waals surface area contributed by atoms with E-state index in [1.54, 1.807) is 0 Å². The Morgan fingerprint density at radius 3 is 1.28 bits per heavy atom. The predicted molar refractivity (Wildman–Crippen MR) is 171 cm³/mol. The Morgan fingerprint density at radius 1 is 0.564 bits per heavy atom. The molecule has 4 aromatic rings. The minimum Gasteiger partial charge on any atom is -0.147 e. The van der Waals surface area contributed by atoms with E-state index in [9.17, 15) is 0 Å². The van der Waals surface area contributed by atoms with Gasteiger partial charge in [0, 0.05) is 37.3 Å². The fraction of sp³-hybridized carbons (Fsp3) is 0.257. The first kappa shape index (κ1) is 31.8. The molecule has 0 nitrogen and oxygen atoms in total.